The molecule has 3 heteroatoms. The van der Waals surface area contributed by atoms with Crippen molar-refractivity contribution >= 4 is 0 Å². The van der Waals surface area contributed by atoms with Crippen LogP contribution in [0, 0.1) is 11.7 Å². The van der Waals surface area contributed by atoms with Gasteiger partial charge in [0, 0.05) is 20.2 Å². The van der Waals surface area contributed by atoms with Gasteiger partial charge in [-0.1, -0.05) is 44.9 Å². The highest BCUT2D eigenvalue weighted by atomic mass is 19.1. The predicted molar refractivity (Wildman–Crippen MR) is 82.6 cm³/mol. The molecule has 0 radical (unpaired) electrons. The van der Waals surface area contributed by atoms with E-state index in [2.05, 4.69) is 19.2 Å². The molecular weight excluding hydrogens is 253 g/mol. The standard InChI is InChI=1S/C17H28FNO/c1-4-14(5-2)12-15(13-19-10-11-20-3)16-8-6-7-9-17(16)18/h6-9,14-15,19H,4-5,10-13H2,1-3H3. The van der Waals surface area contributed by atoms with Crippen LogP contribution < -0.4 is 5.32 Å². The highest BCUT2D eigenvalue weighted by Gasteiger charge is 2.18. The van der Waals surface area contributed by atoms with E-state index in [9.17, 15) is 4.39 Å². The molecule has 0 aliphatic heterocycles. The van der Waals surface area contributed by atoms with Gasteiger partial charge >= 0.3 is 0 Å². The average Bonchev–Trinajstić information content (AvgIpc) is 2.47. The van der Waals surface area contributed by atoms with E-state index < -0.39 is 0 Å². The van der Waals surface area contributed by atoms with Gasteiger partial charge in [0.1, 0.15) is 5.82 Å². The quantitative estimate of drug-likeness (QED) is 0.655. The van der Waals surface area contributed by atoms with Crippen LogP contribution in [0.5, 0.6) is 0 Å². The number of hydrogen-bond acceptors (Lipinski definition) is 2. The molecule has 1 unspecified atom stereocenters. The van der Waals surface area contributed by atoms with Crippen molar-refractivity contribution in [1.29, 1.82) is 0 Å². The number of benzene rings is 1. The van der Waals surface area contributed by atoms with Crippen molar-refractivity contribution in [2.24, 2.45) is 5.92 Å². The first-order valence-electron chi connectivity index (χ1n) is 7.66. The third-order valence-electron chi connectivity index (χ3n) is 3.99. The molecule has 114 valence electrons. The molecule has 1 N–H and O–H groups in total. The molecule has 0 aliphatic rings. The maximum atomic E-state index is 14.0. The van der Waals surface area contributed by atoms with Gasteiger partial charge in [-0.25, -0.2) is 4.39 Å². The van der Waals surface area contributed by atoms with Crippen molar-refractivity contribution in [3.8, 4) is 0 Å². The lowest BCUT2D eigenvalue weighted by Gasteiger charge is -2.23. The molecule has 1 aromatic carbocycles. The first-order valence-corrected chi connectivity index (χ1v) is 7.66. The summed E-state index contributed by atoms with van der Waals surface area (Å²) in [6.45, 7) is 6.73. The summed E-state index contributed by atoms with van der Waals surface area (Å²) in [6, 6.07) is 7.16. The summed E-state index contributed by atoms with van der Waals surface area (Å²) in [7, 11) is 1.69. The van der Waals surface area contributed by atoms with Gasteiger partial charge in [-0.3, -0.25) is 0 Å². The van der Waals surface area contributed by atoms with E-state index in [0.29, 0.717) is 12.5 Å². The molecule has 0 saturated carbocycles. The summed E-state index contributed by atoms with van der Waals surface area (Å²) in [4.78, 5) is 0. The molecule has 0 saturated heterocycles. The molecule has 1 atom stereocenters. The zero-order valence-electron chi connectivity index (χ0n) is 13.0. The fraction of sp³-hybridized carbons (Fsp3) is 0.647. The maximum absolute atomic E-state index is 14.0. The van der Waals surface area contributed by atoms with Crippen LogP contribution in [0.4, 0.5) is 4.39 Å². The first-order chi connectivity index (χ1) is 9.72. The van der Waals surface area contributed by atoms with E-state index in [1.807, 2.05) is 12.1 Å². The second-order valence-electron chi connectivity index (χ2n) is 5.33. The van der Waals surface area contributed by atoms with Crippen molar-refractivity contribution in [3.63, 3.8) is 0 Å². The lowest BCUT2D eigenvalue weighted by molar-refractivity contribution is 0.198. The third kappa shape index (κ3) is 5.59. The fourth-order valence-electron chi connectivity index (χ4n) is 2.60. The molecule has 1 aromatic rings. The number of halogens is 1. The Kier molecular flexibility index (Phi) is 8.47. The van der Waals surface area contributed by atoms with E-state index in [4.69, 9.17) is 4.74 Å². The molecule has 0 amide bonds. The Morgan fingerprint density at radius 1 is 1.20 bits per heavy atom. The Labute approximate surface area is 122 Å². The Bertz CT molecular complexity index is 366. The number of methoxy groups -OCH3 is 1. The summed E-state index contributed by atoms with van der Waals surface area (Å²) >= 11 is 0. The van der Waals surface area contributed by atoms with Gasteiger partial charge in [0.25, 0.3) is 0 Å². The summed E-state index contributed by atoms with van der Waals surface area (Å²) < 4.78 is 19.1. The largest absolute Gasteiger partial charge is 0.383 e. The van der Waals surface area contributed by atoms with E-state index in [1.54, 1.807) is 19.2 Å². The molecule has 0 spiro atoms. The van der Waals surface area contributed by atoms with Crippen LogP contribution in [0.1, 0.15) is 44.6 Å². The maximum Gasteiger partial charge on any atom is 0.126 e. The average molecular weight is 281 g/mol. The van der Waals surface area contributed by atoms with Gasteiger partial charge < -0.3 is 10.1 Å². The SMILES string of the molecule is CCC(CC)CC(CNCCOC)c1ccccc1F. The van der Waals surface area contributed by atoms with Crippen LogP contribution in [-0.4, -0.2) is 26.8 Å². The minimum atomic E-state index is -0.0861. The smallest absolute Gasteiger partial charge is 0.126 e. The van der Waals surface area contributed by atoms with Crippen LogP contribution in [0.15, 0.2) is 24.3 Å². The lowest BCUT2D eigenvalue weighted by atomic mass is 9.86. The monoisotopic (exact) mass is 281 g/mol. The Morgan fingerprint density at radius 2 is 1.90 bits per heavy atom. The van der Waals surface area contributed by atoms with E-state index in [1.165, 1.54) is 0 Å². The fourth-order valence-corrected chi connectivity index (χ4v) is 2.60. The molecular formula is C17H28FNO. The zero-order chi connectivity index (χ0) is 14.8. The molecule has 20 heavy (non-hydrogen) atoms. The van der Waals surface area contributed by atoms with E-state index >= 15 is 0 Å². The summed E-state index contributed by atoms with van der Waals surface area (Å²) in [6.07, 6.45) is 3.34. The Morgan fingerprint density at radius 3 is 2.50 bits per heavy atom. The first kappa shape index (κ1) is 17.1. The summed E-state index contributed by atoms with van der Waals surface area (Å²) in [5.41, 5.74) is 0.837. The summed E-state index contributed by atoms with van der Waals surface area (Å²) in [5.74, 6) is 0.804. The van der Waals surface area contributed by atoms with Crippen molar-refractivity contribution < 1.29 is 9.13 Å². The molecule has 0 aromatic heterocycles. The third-order valence-corrected chi connectivity index (χ3v) is 3.99. The topological polar surface area (TPSA) is 21.3 Å². The van der Waals surface area contributed by atoms with Crippen LogP contribution in [-0.2, 0) is 4.74 Å². The van der Waals surface area contributed by atoms with Crippen LogP contribution >= 0.6 is 0 Å². The number of nitrogens with one attached hydrogen (secondary N) is 1. The molecule has 0 aliphatic carbocycles. The number of ether oxygens (including phenoxy) is 1. The van der Waals surface area contributed by atoms with Crippen LogP contribution in [0.2, 0.25) is 0 Å². The van der Waals surface area contributed by atoms with Gasteiger partial charge in [0.2, 0.25) is 0 Å². The highest BCUT2D eigenvalue weighted by molar-refractivity contribution is 5.22. The number of hydrogen-bond donors (Lipinski definition) is 1. The van der Waals surface area contributed by atoms with Gasteiger partial charge in [0.15, 0.2) is 0 Å². The van der Waals surface area contributed by atoms with Gasteiger partial charge in [-0.15, -0.1) is 0 Å². The van der Waals surface area contributed by atoms with Gasteiger partial charge in [-0.05, 0) is 29.9 Å². The summed E-state index contributed by atoms with van der Waals surface area (Å²) in [5, 5.41) is 3.37. The van der Waals surface area contributed by atoms with E-state index in [-0.39, 0.29) is 11.7 Å². The normalized spacial score (nSPS) is 12.8. The molecule has 2 nitrogen and oxygen atoms in total. The number of rotatable bonds is 10. The van der Waals surface area contributed by atoms with Crippen molar-refractivity contribution in [3.05, 3.63) is 35.6 Å². The minimum absolute atomic E-state index is 0.0861. The van der Waals surface area contributed by atoms with Crippen LogP contribution in [0.3, 0.4) is 0 Å². The van der Waals surface area contributed by atoms with Crippen molar-refractivity contribution in [2.75, 3.05) is 26.8 Å². The van der Waals surface area contributed by atoms with Gasteiger partial charge in [0.05, 0.1) is 6.61 Å². The molecule has 0 bridgehead atoms. The van der Waals surface area contributed by atoms with Gasteiger partial charge in [-0.2, -0.15) is 0 Å². The second-order valence-corrected chi connectivity index (χ2v) is 5.33. The van der Waals surface area contributed by atoms with E-state index in [0.717, 1.165) is 37.9 Å². The molecule has 1 rings (SSSR count). The highest BCUT2D eigenvalue weighted by Crippen LogP contribution is 2.28. The Hall–Kier alpha value is -0.930. The second kappa shape index (κ2) is 9.89. The zero-order valence-corrected chi connectivity index (χ0v) is 13.0. The minimum Gasteiger partial charge on any atom is -0.383 e. The Balaban J connectivity index is 2.70. The van der Waals surface area contributed by atoms with Crippen molar-refractivity contribution in [2.45, 2.75) is 39.0 Å². The lowest BCUT2D eigenvalue weighted by Crippen LogP contribution is -2.26. The van der Waals surface area contributed by atoms with Crippen LogP contribution in [0.25, 0.3) is 0 Å². The molecule has 0 heterocycles. The molecule has 0 fully saturated rings. The predicted octanol–water partition coefficient (Wildman–Crippen LogP) is 3.97. The van der Waals surface area contributed by atoms with Crippen molar-refractivity contribution in [1.82, 2.24) is 5.32 Å².